The highest BCUT2D eigenvalue weighted by Crippen LogP contribution is 2.36. The van der Waals surface area contributed by atoms with Crippen molar-refractivity contribution in [2.45, 2.75) is 25.8 Å². The highest BCUT2D eigenvalue weighted by atomic mass is 79.9. The molecule has 3 rings (SSSR count). The molecule has 0 fully saturated rings. The smallest absolute Gasteiger partial charge is 0.139 e. The molecule has 104 valence electrons. The summed E-state index contributed by atoms with van der Waals surface area (Å²) in [5.41, 5.74) is 3.48. The number of fused-ring (bicyclic) bond motifs is 1. The standard InChI is InChI=1S/C16H14BrF2N/c1-9-7-12(17)14(19)8-16(9)20-15-6-5-10-11(15)3-2-4-13(10)18/h2-4,7-8,15,20H,5-6H2,1H3. The van der Waals surface area contributed by atoms with Crippen molar-refractivity contribution in [2.75, 3.05) is 5.32 Å². The van der Waals surface area contributed by atoms with Gasteiger partial charge in [0.15, 0.2) is 0 Å². The number of halogens is 3. The Morgan fingerprint density at radius 2 is 2.00 bits per heavy atom. The molecule has 0 radical (unpaired) electrons. The van der Waals surface area contributed by atoms with Crippen LogP contribution in [0.15, 0.2) is 34.8 Å². The molecule has 0 heterocycles. The maximum atomic E-state index is 13.7. The molecule has 1 atom stereocenters. The molecule has 1 N–H and O–H groups in total. The van der Waals surface area contributed by atoms with Gasteiger partial charge >= 0.3 is 0 Å². The fourth-order valence-electron chi connectivity index (χ4n) is 2.75. The predicted octanol–water partition coefficient (Wildman–Crippen LogP) is 5.14. The summed E-state index contributed by atoms with van der Waals surface area (Å²) in [7, 11) is 0. The van der Waals surface area contributed by atoms with E-state index < -0.39 is 0 Å². The van der Waals surface area contributed by atoms with Gasteiger partial charge in [-0.15, -0.1) is 0 Å². The van der Waals surface area contributed by atoms with Crippen LogP contribution in [0.3, 0.4) is 0 Å². The van der Waals surface area contributed by atoms with Crippen molar-refractivity contribution in [3.8, 4) is 0 Å². The first-order chi connectivity index (χ1) is 9.56. The van der Waals surface area contributed by atoms with Crippen molar-refractivity contribution >= 4 is 21.6 Å². The maximum absolute atomic E-state index is 13.7. The van der Waals surface area contributed by atoms with E-state index in [0.29, 0.717) is 4.47 Å². The lowest BCUT2D eigenvalue weighted by atomic mass is 10.1. The first kappa shape index (κ1) is 13.6. The zero-order valence-electron chi connectivity index (χ0n) is 11.0. The number of hydrogen-bond donors (Lipinski definition) is 1. The first-order valence-corrected chi connectivity index (χ1v) is 7.35. The topological polar surface area (TPSA) is 12.0 Å². The molecule has 20 heavy (non-hydrogen) atoms. The largest absolute Gasteiger partial charge is 0.378 e. The van der Waals surface area contributed by atoms with Gasteiger partial charge in [0.05, 0.1) is 10.5 Å². The lowest BCUT2D eigenvalue weighted by Crippen LogP contribution is -2.08. The molecule has 1 aliphatic rings. The van der Waals surface area contributed by atoms with Gasteiger partial charge in [0.2, 0.25) is 0 Å². The van der Waals surface area contributed by atoms with Crippen molar-refractivity contribution in [3.63, 3.8) is 0 Å². The van der Waals surface area contributed by atoms with E-state index in [1.165, 1.54) is 12.1 Å². The molecule has 1 unspecified atom stereocenters. The van der Waals surface area contributed by atoms with Gasteiger partial charge in [-0.1, -0.05) is 12.1 Å². The molecule has 0 amide bonds. The Bertz CT molecular complexity index is 670. The Morgan fingerprint density at radius 3 is 2.80 bits per heavy atom. The third kappa shape index (κ3) is 2.33. The summed E-state index contributed by atoms with van der Waals surface area (Å²) in [6.45, 7) is 1.92. The van der Waals surface area contributed by atoms with E-state index in [1.807, 2.05) is 13.0 Å². The third-order valence-electron chi connectivity index (χ3n) is 3.81. The first-order valence-electron chi connectivity index (χ1n) is 6.55. The van der Waals surface area contributed by atoms with Crippen LogP contribution in [-0.2, 0) is 6.42 Å². The highest BCUT2D eigenvalue weighted by molar-refractivity contribution is 9.10. The lowest BCUT2D eigenvalue weighted by Gasteiger charge is -2.18. The van der Waals surface area contributed by atoms with Gasteiger partial charge in [-0.05, 0) is 70.6 Å². The molecule has 0 aromatic heterocycles. The van der Waals surface area contributed by atoms with Crippen LogP contribution in [0.4, 0.5) is 14.5 Å². The van der Waals surface area contributed by atoms with Gasteiger partial charge in [-0.25, -0.2) is 8.78 Å². The fraction of sp³-hybridized carbons (Fsp3) is 0.250. The van der Waals surface area contributed by atoms with Crippen molar-refractivity contribution < 1.29 is 8.78 Å². The lowest BCUT2D eigenvalue weighted by molar-refractivity contribution is 0.612. The Labute approximate surface area is 125 Å². The zero-order chi connectivity index (χ0) is 14.3. The van der Waals surface area contributed by atoms with Crippen LogP contribution in [0.5, 0.6) is 0 Å². The Balaban J connectivity index is 1.91. The molecule has 0 bridgehead atoms. The Morgan fingerprint density at radius 1 is 1.20 bits per heavy atom. The van der Waals surface area contributed by atoms with E-state index in [9.17, 15) is 8.78 Å². The number of rotatable bonds is 2. The molecule has 0 aliphatic heterocycles. The second-order valence-corrected chi connectivity index (χ2v) is 5.98. The SMILES string of the molecule is Cc1cc(Br)c(F)cc1NC1CCc2c(F)cccc21. The number of aryl methyl sites for hydroxylation is 1. The van der Waals surface area contributed by atoms with E-state index in [4.69, 9.17) is 0 Å². The summed E-state index contributed by atoms with van der Waals surface area (Å²) in [5, 5.41) is 3.33. The van der Waals surface area contributed by atoms with E-state index in [2.05, 4.69) is 21.2 Å². The van der Waals surface area contributed by atoms with E-state index >= 15 is 0 Å². The minimum Gasteiger partial charge on any atom is -0.378 e. The molecule has 2 aromatic carbocycles. The van der Waals surface area contributed by atoms with Gasteiger partial charge in [0.25, 0.3) is 0 Å². The number of anilines is 1. The summed E-state index contributed by atoms with van der Waals surface area (Å²) in [4.78, 5) is 0. The van der Waals surface area contributed by atoms with Gasteiger partial charge in [-0.3, -0.25) is 0 Å². The second kappa shape index (κ2) is 5.17. The second-order valence-electron chi connectivity index (χ2n) is 5.12. The Hall–Kier alpha value is -1.42. The minimum absolute atomic E-state index is 0.0416. The number of benzene rings is 2. The van der Waals surface area contributed by atoms with Gasteiger partial charge in [-0.2, -0.15) is 0 Å². The van der Waals surface area contributed by atoms with Crippen LogP contribution < -0.4 is 5.32 Å². The molecular weight excluding hydrogens is 324 g/mol. The van der Waals surface area contributed by atoms with E-state index in [-0.39, 0.29) is 17.7 Å². The molecule has 1 nitrogen and oxygen atoms in total. The molecule has 4 heteroatoms. The van der Waals surface area contributed by atoms with Crippen LogP contribution in [0.25, 0.3) is 0 Å². The zero-order valence-corrected chi connectivity index (χ0v) is 12.6. The normalized spacial score (nSPS) is 17.1. The summed E-state index contributed by atoms with van der Waals surface area (Å²) >= 11 is 3.18. The molecule has 0 saturated heterocycles. The predicted molar refractivity (Wildman–Crippen MR) is 79.9 cm³/mol. The summed E-state index contributed by atoms with van der Waals surface area (Å²) in [6.07, 6.45) is 1.55. The van der Waals surface area contributed by atoms with Crippen LogP contribution in [-0.4, -0.2) is 0 Å². The Kier molecular flexibility index (Phi) is 3.50. The monoisotopic (exact) mass is 337 g/mol. The van der Waals surface area contributed by atoms with Crippen molar-refractivity contribution in [3.05, 3.63) is 63.1 Å². The molecule has 0 spiro atoms. The van der Waals surface area contributed by atoms with Crippen LogP contribution >= 0.6 is 15.9 Å². The average Bonchev–Trinajstić information content (AvgIpc) is 2.81. The van der Waals surface area contributed by atoms with Crippen molar-refractivity contribution in [1.29, 1.82) is 0 Å². The van der Waals surface area contributed by atoms with Gasteiger partial charge in [0, 0.05) is 5.69 Å². The molecule has 1 aliphatic carbocycles. The van der Waals surface area contributed by atoms with Crippen LogP contribution in [0.2, 0.25) is 0 Å². The molecule has 2 aromatic rings. The van der Waals surface area contributed by atoms with Crippen LogP contribution in [0.1, 0.15) is 29.2 Å². The maximum Gasteiger partial charge on any atom is 0.139 e. The summed E-state index contributed by atoms with van der Waals surface area (Å²) < 4.78 is 27.8. The summed E-state index contributed by atoms with van der Waals surface area (Å²) in [6, 6.07) is 8.43. The van der Waals surface area contributed by atoms with Crippen LogP contribution in [0, 0.1) is 18.6 Å². The third-order valence-corrected chi connectivity index (χ3v) is 4.42. The minimum atomic E-state index is -0.296. The number of hydrogen-bond acceptors (Lipinski definition) is 1. The van der Waals surface area contributed by atoms with Crippen molar-refractivity contribution in [1.82, 2.24) is 0 Å². The van der Waals surface area contributed by atoms with E-state index in [1.54, 1.807) is 12.1 Å². The van der Waals surface area contributed by atoms with E-state index in [0.717, 1.165) is 35.2 Å². The van der Waals surface area contributed by atoms with Gasteiger partial charge in [0.1, 0.15) is 11.6 Å². The molecular formula is C16H14BrF2N. The number of nitrogens with one attached hydrogen (secondary N) is 1. The van der Waals surface area contributed by atoms with Gasteiger partial charge < -0.3 is 5.32 Å². The quantitative estimate of drug-likeness (QED) is 0.800. The molecule has 0 saturated carbocycles. The van der Waals surface area contributed by atoms with Crippen molar-refractivity contribution in [2.24, 2.45) is 0 Å². The highest BCUT2D eigenvalue weighted by Gasteiger charge is 2.25. The fourth-order valence-corrected chi connectivity index (χ4v) is 3.21. The summed E-state index contributed by atoms with van der Waals surface area (Å²) in [5.74, 6) is -0.443. The average molecular weight is 338 g/mol.